The zero-order valence-electron chi connectivity index (χ0n) is 15.1. The molecule has 2 aromatic rings. The summed E-state index contributed by atoms with van der Waals surface area (Å²) in [4.78, 5) is 12.5. The van der Waals surface area contributed by atoms with E-state index in [0.717, 1.165) is 16.3 Å². The lowest BCUT2D eigenvalue weighted by molar-refractivity contribution is -0.120. The van der Waals surface area contributed by atoms with Crippen molar-refractivity contribution in [3.8, 4) is 0 Å². The Hall–Kier alpha value is -2.05. The molecule has 7 heteroatoms. The fourth-order valence-corrected chi connectivity index (χ4v) is 3.92. The van der Waals surface area contributed by atoms with Crippen molar-refractivity contribution in [2.24, 2.45) is 0 Å². The molecule has 0 radical (unpaired) electrons. The molecule has 0 fully saturated rings. The van der Waals surface area contributed by atoms with Gasteiger partial charge in [0, 0.05) is 11.1 Å². The maximum Gasteiger partial charge on any atom is 0.264 e. The number of nitrogens with one attached hydrogen (secondary N) is 1. The lowest BCUT2D eigenvalue weighted by Crippen LogP contribution is -2.43. The third-order valence-corrected chi connectivity index (χ3v) is 6.04. The molecule has 0 heterocycles. The van der Waals surface area contributed by atoms with Crippen molar-refractivity contribution in [3.63, 3.8) is 0 Å². The molecule has 0 saturated carbocycles. The maximum atomic E-state index is 13.1. The molecule has 5 nitrogen and oxygen atoms in total. The second-order valence-electron chi connectivity index (χ2n) is 6.18. The van der Waals surface area contributed by atoms with Crippen LogP contribution in [0.25, 0.3) is 0 Å². The first-order chi connectivity index (χ1) is 12.2. The minimum atomic E-state index is -3.91. The fourth-order valence-electron chi connectivity index (χ4n) is 2.38. The van der Waals surface area contributed by atoms with Gasteiger partial charge in [0.2, 0.25) is 5.91 Å². The van der Waals surface area contributed by atoms with Gasteiger partial charge in [-0.25, -0.2) is 8.42 Å². The number of sulfonamides is 1. The van der Waals surface area contributed by atoms with Gasteiger partial charge in [-0.3, -0.25) is 9.10 Å². The van der Waals surface area contributed by atoms with Crippen LogP contribution in [0.15, 0.2) is 53.4 Å². The summed E-state index contributed by atoms with van der Waals surface area (Å²) in [6.07, 6.45) is 0.764. The van der Waals surface area contributed by atoms with Crippen LogP contribution in [0.1, 0.15) is 25.8 Å². The van der Waals surface area contributed by atoms with E-state index in [9.17, 15) is 13.2 Å². The van der Waals surface area contributed by atoms with E-state index in [4.69, 9.17) is 11.6 Å². The standard InChI is InChI=1S/C19H23ClN2O3S/c1-4-15(3)21-19(23)13-22(17-7-5-6-14(2)12-17)26(24,25)18-10-8-16(20)9-11-18/h5-12,15H,4,13H2,1-3H3,(H,21,23). The first-order valence-corrected chi connectivity index (χ1v) is 10.2. The largest absolute Gasteiger partial charge is 0.352 e. The number of aryl methyl sites for hydroxylation is 1. The van der Waals surface area contributed by atoms with E-state index in [1.54, 1.807) is 18.2 Å². The van der Waals surface area contributed by atoms with Gasteiger partial charge in [0.05, 0.1) is 10.6 Å². The molecule has 2 rings (SSSR count). The van der Waals surface area contributed by atoms with Crippen molar-refractivity contribution in [1.29, 1.82) is 0 Å². The van der Waals surface area contributed by atoms with E-state index in [-0.39, 0.29) is 23.4 Å². The highest BCUT2D eigenvalue weighted by atomic mass is 35.5. The number of carbonyl (C=O) groups excluding carboxylic acids is 1. The van der Waals surface area contributed by atoms with Gasteiger partial charge in [0.25, 0.3) is 10.0 Å². The number of hydrogen-bond acceptors (Lipinski definition) is 3. The van der Waals surface area contributed by atoms with Crippen molar-refractivity contribution in [1.82, 2.24) is 5.32 Å². The van der Waals surface area contributed by atoms with Gasteiger partial charge in [-0.1, -0.05) is 30.7 Å². The summed E-state index contributed by atoms with van der Waals surface area (Å²) in [6.45, 7) is 5.41. The van der Waals surface area contributed by atoms with Crippen LogP contribution in [0.4, 0.5) is 5.69 Å². The van der Waals surface area contributed by atoms with Crippen molar-refractivity contribution in [2.45, 2.75) is 38.1 Å². The predicted molar refractivity (Wildman–Crippen MR) is 105 cm³/mol. The van der Waals surface area contributed by atoms with E-state index in [0.29, 0.717) is 10.7 Å². The molecule has 1 atom stereocenters. The Labute approximate surface area is 160 Å². The van der Waals surface area contributed by atoms with Crippen molar-refractivity contribution >= 4 is 33.2 Å². The van der Waals surface area contributed by atoms with Gasteiger partial charge in [-0.15, -0.1) is 0 Å². The number of carbonyl (C=O) groups is 1. The summed E-state index contributed by atoms with van der Waals surface area (Å²) in [5.41, 5.74) is 1.35. The molecule has 26 heavy (non-hydrogen) atoms. The minimum absolute atomic E-state index is 0.0277. The molecule has 0 aliphatic carbocycles. The number of nitrogens with zero attached hydrogens (tertiary/aromatic N) is 1. The van der Waals surface area contributed by atoms with Gasteiger partial charge in [-0.05, 0) is 62.2 Å². The molecule has 1 unspecified atom stereocenters. The fraction of sp³-hybridized carbons (Fsp3) is 0.316. The van der Waals surface area contributed by atoms with E-state index < -0.39 is 10.0 Å². The molecule has 0 spiro atoms. The number of rotatable bonds is 7. The Bertz CT molecular complexity index is 867. The summed E-state index contributed by atoms with van der Waals surface area (Å²) >= 11 is 5.86. The zero-order valence-corrected chi connectivity index (χ0v) is 16.6. The zero-order chi connectivity index (χ0) is 19.3. The number of benzene rings is 2. The van der Waals surface area contributed by atoms with E-state index in [1.165, 1.54) is 24.3 Å². The number of anilines is 1. The Balaban J connectivity index is 2.42. The normalized spacial score (nSPS) is 12.5. The summed E-state index contributed by atoms with van der Waals surface area (Å²) in [5, 5.41) is 3.26. The summed E-state index contributed by atoms with van der Waals surface area (Å²) in [7, 11) is -3.91. The van der Waals surface area contributed by atoms with Crippen LogP contribution in [0, 0.1) is 6.92 Å². The van der Waals surface area contributed by atoms with Crippen molar-refractivity contribution in [2.75, 3.05) is 10.8 Å². The monoisotopic (exact) mass is 394 g/mol. The molecule has 2 aromatic carbocycles. The molecule has 0 saturated heterocycles. The van der Waals surface area contributed by atoms with Gasteiger partial charge in [0.1, 0.15) is 6.54 Å². The minimum Gasteiger partial charge on any atom is -0.352 e. The lowest BCUT2D eigenvalue weighted by Gasteiger charge is -2.25. The molecule has 0 bridgehead atoms. The van der Waals surface area contributed by atoms with Crippen LogP contribution < -0.4 is 9.62 Å². The third kappa shape index (κ3) is 4.99. The van der Waals surface area contributed by atoms with Crippen molar-refractivity contribution in [3.05, 3.63) is 59.1 Å². The van der Waals surface area contributed by atoms with Gasteiger partial charge in [-0.2, -0.15) is 0 Å². The summed E-state index contributed by atoms with van der Waals surface area (Å²) in [5.74, 6) is -0.349. The van der Waals surface area contributed by atoms with Gasteiger partial charge >= 0.3 is 0 Å². The first-order valence-electron chi connectivity index (χ1n) is 8.38. The van der Waals surface area contributed by atoms with Crippen LogP contribution in [0.3, 0.4) is 0 Å². The molecule has 0 aliphatic heterocycles. The highest BCUT2D eigenvalue weighted by molar-refractivity contribution is 7.92. The van der Waals surface area contributed by atoms with Gasteiger partial charge in [0.15, 0.2) is 0 Å². The molecular weight excluding hydrogens is 372 g/mol. The van der Waals surface area contributed by atoms with Gasteiger partial charge < -0.3 is 5.32 Å². The van der Waals surface area contributed by atoms with E-state index in [1.807, 2.05) is 26.8 Å². The Morgan fingerprint density at radius 3 is 2.42 bits per heavy atom. The predicted octanol–water partition coefficient (Wildman–Crippen LogP) is 3.76. The Morgan fingerprint density at radius 2 is 1.85 bits per heavy atom. The highest BCUT2D eigenvalue weighted by Gasteiger charge is 2.27. The molecular formula is C19H23ClN2O3S. The molecule has 140 valence electrons. The molecule has 1 amide bonds. The quantitative estimate of drug-likeness (QED) is 0.777. The second kappa shape index (κ2) is 8.56. The first kappa shape index (κ1) is 20.3. The highest BCUT2D eigenvalue weighted by Crippen LogP contribution is 2.25. The van der Waals surface area contributed by atoms with Crippen LogP contribution in [-0.2, 0) is 14.8 Å². The summed E-state index contributed by atoms with van der Waals surface area (Å²) in [6, 6.07) is 12.9. The average molecular weight is 395 g/mol. The van der Waals surface area contributed by atoms with Crippen LogP contribution in [0.2, 0.25) is 5.02 Å². The third-order valence-electron chi connectivity index (χ3n) is 4.00. The summed E-state index contributed by atoms with van der Waals surface area (Å²) < 4.78 is 27.4. The molecule has 1 N–H and O–H groups in total. The number of amides is 1. The molecule has 0 aromatic heterocycles. The topological polar surface area (TPSA) is 66.5 Å². The van der Waals surface area contributed by atoms with Crippen LogP contribution >= 0.6 is 11.6 Å². The number of hydrogen-bond donors (Lipinski definition) is 1. The second-order valence-corrected chi connectivity index (χ2v) is 8.48. The van der Waals surface area contributed by atoms with Crippen molar-refractivity contribution < 1.29 is 13.2 Å². The Morgan fingerprint density at radius 1 is 1.19 bits per heavy atom. The smallest absolute Gasteiger partial charge is 0.264 e. The van der Waals surface area contributed by atoms with E-state index in [2.05, 4.69) is 5.32 Å². The van der Waals surface area contributed by atoms with Crippen LogP contribution in [-0.4, -0.2) is 26.9 Å². The maximum absolute atomic E-state index is 13.1. The number of halogens is 1. The average Bonchev–Trinajstić information content (AvgIpc) is 2.59. The van der Waals surface area contributed by atoms with E-state index >= 15 is 0 Å². The SMILES string of the molecule is CCC(C)NC(=O)CN(c1cccc(C)c1)S(=O)(=O)c1ccc(Cl)cc1. The molecule has 0 aliphatic rings. The Kier molecular flexibility index (Phi) is 6.67. The van der Waals surface area contributed by atoms with Crippen LogP contribution in [0.5, 0.6) is 0 Å². The lowest BCUT2D eigenvalue weighted by atomic mass is 10.2.